The maximum atomic E-state index is 6.03. The van der Waals surface area contributed by atoms with Crippen LogP contribution in [0.2, 0.25) is 0 Å². The second kappa shape index (κ2) is 4.25. The Morgan fingerprint density at radius 2 is 2.20 bits per heavy atom. The van der Waals surface area contributed by atoms with Crippen molar-refractivity contribution in [1.29, 1.82) is 0 Å². The molecule has 0 amide bonds. The van der Waals surface area contributed by atoms with Crippen molar-refractivity contribution in [2.45, 2.75) is 45.4 Å². The molecule has 1 fully saturated rings. The van der Waals surface area contributed by atoms with E-state index >= 15 is 0 Å². The van der Waals surface area contributed by atoms with Crippen molar-refractivity contribution in [3.05, 3.63) is 11.3 Å². The third kappa shape index (κ3) is 2.01. The summed E-state index contributed by atoms with van der Waals surface area (Å²) in [6.45, 7) is 2.19. The van der Waals surface area contributed by atoms with E-state index < -0.39 is 0 Å². The van der Waals surface area contributed by atoms with Crippen LogP contribution in [0.3, 0.4) is 0 Å². The van der Waals surface area contributed by atoms with Gasteiger partial charge in [-0.2, -0.15) is 5.10 Å². The molecule has 1 aromatic heterocycles. The molecule has 0 saturated heterocycles. The fourth-order valence-corrected chi connectivity index (χ4v) is 2.30. The Labute approximate surface area is 91.7 Å². The lowest BCUT2D eigenvalue weighted by molar-refractivity contribution is 0.311. The van der Waals surface area contributed by atoms with Crippen LogP contribution in [0.1, 0.15) is 43.9 Å². The molecule has 0 bridgehead atoms. The average molecular weight is 207 g/mol. The molecule has 2 rings (SSSR count). The number of aryl methyl sites for hydroxylation is 1. The lowest BCUT2D eigenvalue weighted by atomic mass is 9.81. The van der Waals surface area contributed by atoms with Gasteiger partial charge in [0.1, 0.15) is 5.82 Å². The standard InChI is InChI=1S/C12H21N3/c1-3-5-10-11(8-9-6-4-7-9)14-15(2)12(10)13/h9H,3-8,13H2,1-2H3. The molecule has 0 aromatic carbocycles. The maximum absolute atomic E-state index is 6.03. The van der Waals surface area contributed by atoms with Gasteiger partial charge in [-0.05, 0) is 18.8 Å². The summed E-state index contributed by atoms with van der Waals surface area (Å²) in [5.41, 5.74) is 8.57. The number of hydrogen-bond acceptors (Lipinski definition) is 2. The van der Waals surface area contributed by atoms with E-state index in [4.69, 9.17) is 5.73 Å². The van der Waals surface area contributed by atoms with Gasteiger partial charge in [0.25, 0.3) is 0 Å². The third-order valence-corrected chi connectivity index (χ3v) is 3.48. The minimum absolute atomic E-state index is 0.867. The molecule has 0 radical (unpaired) electrons. The van der Waals surface area contributed by atoms with Crippen LogP contribution < -0.4 is 5.73 Å². The minimum atomic E-state index is 0.867. The SMILES string of the molecule is CCCc1c(CC2CCC2)nn(C)c1N. The second-order valence-electron chi connectivity index (χ2n) is 4.69. The van der Waals surface area contributed by atoms with E-state index in [0.29, 0.717) is 0 Å². The summed E-state index contributed by atoms with van der Waals surface area (Å²) < 4.78 is 1.83. The normalized spacial score (nSPS) is 16.7. The number of nitrogens with two attached hydrogens (primary N) is 1. The van der Waals surface area contributed by atoms with Gasteiger partial charge in [-0.15, -0.1) is 0 Å². The van der Waals surface area contributed by atoms with E-state index in [2.05, 4.69) is 12.0 Å². The molecule has 1 aliphatic rings. The molecule has 1 saturated carbocycles. The quantitative estimate of drug-likeness (QED) is 0.823. The number of rotatable bonds is 4. The van der Waals surface area contributed by atoms with Gasteiger partial charge in [0.2, 0.25) is 0 Å². The van der Waals surface area contributed by atoms with Crippen LogP contribution in [0.25, 0.3) is 0 Å². The molecule has 0 atom stereocenters. The summed E-state index contributed by atoms with van der Waals surface area (Å²) in [5, 5.41) is 4.54. The van der Waals surface area contributed by atoms with Crippen LogP contribution >= 0.6 is 0 Å². The molecule has 1 aliphatic carbocycles. The molecule has 0 unspecified atom stereocenters. The van der Waals surface area contributed by atoms with Crippen molar-refractivity contribution in [3.8, 4) is 0 Å². The molecular weight excluding hydrogens is 186 g/mol. The van der Waals surface area contributed by atoms with Crippen molar-refractivity contribution in [2.75, 3.05) is 5.73 Å². The van der Waals surface area contributed by atoms with Crippen molar-refractivity contribution in [2.24, 2.45) is 13.0 Å². The zero-order valence-corrected chi connectivity index (χ0v) is 9.79. The average Bonchev–Trinajstić information content (AvgIpc) is 2.40. The smallest absolute Gasteiger partial charge is 0.124 e. The first-order chi connectivity index (χ1) is 7.22. The predicted octanol–water partition coefficient (Wildman–Crippen LogP) is 2.30. The van der Waals surface area contributed by atoms with Crippen LogP contribution in [0.5, 0.6) is 0 Å². The highest BCUT2D eigenvalue weighted by molar-refractivity contribution is 5.43. The monoisotopic (exact) mass is 207 g/mol. The largest absolute Gasteiger partial charge is 0.384 e. The van der Waals surface area contributed by atoms with Crippen LogP contribution in [0.4, 0.5) is 5.82 Å². The van der Waals surface area contributed by atoms with Gasteiger partial charge in [-0.1, -0.05) is 32.6 Å². The molecule has 2 N–H and O–H groups in total. The van der Waals surface area contributed by atoms with Gasteiger partial charge in [0.15, 0.2) is 0 Å². The molecule has 0 aliphatic heterocycles. The highest BCUT2D eigenvalue weighted by Gasteiger charge is 2.22. The van der Waals surface area contributed by atoms with E-state index in [1.165, 1.54) is 30.5 Å². The van der Waals surface area contributed by atoms with Crippen molar-refractivity contribution < 1.29 is 0 Å². The molecule has 3 heteroatoms. The summed E-state index contributed by atoms with van der Waals surface area (Å²) >= 11 is 0. The number of nitrogens with zero attached hydrogens (tertiary/aromatic N) is 2. The third-order valence-electron chi connectivity index (χ3n) is 3.48. The van der Waals surface area contributed by atoms with Crippen LogP contribution in [0.15, 0.2) is 0 Å². The second-order valence-corrected chi connectivity index (χ2v) is 4.69. The van der Waals surface area contributed by atoms with Gasteiger partial charge >= 0.3 is 0 Å². The molecule has 3 nitrogen and oxygen atoms in total. The Hall–Kier alpha value is -0.990. The van der Waals surface area contributed by atoms with Crippen molar-refractivity contribution >= 4 is 5.82 Å². The highest BCUT2D eigenvalue weighted by Crippen LogP contribution is 2.31. The van der Waals surface area contributed by atoms with Crippen LogP contribution in [-0.2, 0) is 19.9 Å². The van der Waals surface area contributed by atoms with Gasteiger partial charge in [0.05, 0.1) is 5.69 Å². The summed E-state index contributed by atoms with van der Waals surface area (Å²) in [7, 11) is 1.94. The van der Waals surface area contributed by atoms with E-state index in [-0.39, 0.29) is 0 Å². The first-order valence-electron chi connectivity index (χ1n) is 6.02. The zero-order valence-electron chi connectivity index (χ0n) is 9.79. The molecule has 15 heavy (non-hydrogen) atoms. The number of nitrogen functional groups attached to an aromatic ring is 1. The number of anilines is 1. The maximum Gasteiger partial charge on any atom is 0.124 e. The van der Waals surface area contributed by atoms with Gasteiger partial charge in [0, 0.05) is 12.6 Å². The minimum Gasteiger partial charge on any atom is -0.384 e. The summed E-state index contributed by atoms with van der Waals surface area (Å²) in [4.78, 5) is 0. The van der Waals surface area contributed by atoms with Crippen LogP contribution in [-0.4, -0.2) is 9.78 Å². The van der Waals surface area contributed by atoms with Gasteiger partial charge in [-0.3, -0.25) is 4.68 Å². The van der Waals surface area contributed by atoms with Crippen LogP contribution in [0, 0.1) is 5.92 Å². The first-order valence-corrected chi connectivity index (χ1v) is 6.02. The summed E-state index contributed by atoms with van der Waals surface area (Å²) in [6.07, 6.45) is 7.51. The van der Waals surface area contributed by atoms with E-state index in [1.807, 2.05) is 11.7 Å². The Morgan fingerprint density at radius 1 is 1.47 bits per heavy atom. The molecular formula is C12H21N3. The molecule has 0 spiro atoms. The lowest BCUT2D eigenvalue weighted by Gasteiger charge is -2.24. The zero-order chi connectivity index (χ0) is 10.8. The Kier molecular flexibility index (Phi) is 2.98. The summed E-state index contributed by atoms with van der Waals surface area (Å²) in [5.74, 6) is 1.74. The fraction of sp³-hybridized carbons (Fsp3) is 0.750. The first kappa shape index (κ1) is 10.5. The van der Waals surface area contributed by atoms with Crippen molar-refractivity contribution in [1.82, 2.24) is 9.78 Å². The van der Waals surface area contributed by atoms with Crippen molar-refractivity contribution in [3.63, 3.8) is 0 Å². The fourth-order valence-electron chi connectivity index (χ4n) is 2.30. The summed E-state index contributed by atoms with van der Waals surface area (Å²) in [6, 6.07) is 0. The predicted molar refractivity (Wildman–Crippen MR) is 62.7 cm³/mol. The van der Waals surface area contributed by atoms with E-state index in [1.54, 1.807) is 0 Å². The molecule has 1 aromatic rings. The van der Waals surface area contributed by atoms with Gasteiger partial charge in [-0.25, -0.2) is 0 Å². The van der Waals surface area contributed by atoms with E-state index in [9.17, 15) is 0 Å². The van der Waals surface area contributed by atoms with Gasteiger partial charge < -0.3 is 5.73 Å². The Balaban J connectivity index is 2.16. The Bertz CT molecular complexity index is 337. The topological polar surface area (TPSA) is 43.8 Å². The van der Waals surface area contributed by atoms with E-state index in [0.717, 1.165) is 31.0 Å². The molecule has 84 valence electrons. The highest BCUT2D eigenvalue weighted by atomic mass is 15.3. The molecule has 1 heterocycles. The number of hydrogen-bond donors (Lipinski definition) is 1. The lowest BCUT2D eigenvalue weighted by Crippen LogP contribution is -2.15. The Morgan fingerprint density at radius 3 is 2.73 bits per heavy atom. The number of aromatic nitrogens is 2.